The van der Waals surface area contributed by atoms with Crippen LogP contribution in [-0.4, -0.2) is 36.6 Å². The van der Waals surface area contributed by atoms with Gasteiger partial charge in [0, 0.05) is 0 Å². The van der Waals surface area contributed by atoms with Crippen molar-refractivity contribution in [3.05, 3.63) is 29.8 Å². The van der Waals surface area contributed by atoms with Crippen LogP contribution in [0, 0.1) is 6.92 Å². The fourth-order valence-corrected chi connectivity index (χ4v) is 2.09. The Morgan fingerprint density at radius 3 is 2.21 bits per heavy atom. The third-order valence-electron chi connectivity index (χ3n) is 2.68. The smallest absolute Gasteiger partial charge is 0.320 e. The molecular formula is C12H17NO5S. The van der Waals surface area contributed by atoms with Crippen molar-refractivity contribution in [1.29, 1.82) is 0 Å². The van der Waals surface area contributed by atoms with Gasteiger partial charge < -0.3 is 10.4 Å². The van der Waals surface area contributed by atoms with Gasteiger partial charge in [-0.2, -0.15) is 8.42 Å². The topological polar surface area (TPSA) is 104 Å². The van der Waals surface area contributed by atoms with Gasteiger partial charge in [0.15, 0.2) is 0 Å². The molecule has 1 aliphatic heterocycles. The van der Waals surface area contributed by atoms with Crippen molar-refractivity contribution in [2.75, 3.05) is 6.54 Å². The van der Waals surface area contributed by atoms with E-state index >= 15 is 0 Å². The molecule has 0 aromatic heterocycles. The Morgan fingerprint density at radius 1 is 1.32 bits per heavy atom. The van der Waals surface area contributed by atoms with E-state index in [2.05, 4.69) is 5.32 Å². The predicted octanol–water partition coefficient (Wildman–Crippen LogP) is 1.06. The van der Waals surface area contributed by atoms with Crippen molar-refractivity contribution in [2.45, 2.75) is 30.7 Å². The van der Waals surface area contributed by atoms with Crippen LogP contribution >= 0.6 is 0 Å². The summed E-state index contributed by atoms with van der Waals surface area (Å²) < 4.78 is 29.6. The van der Waals surface area contributed by atoms with Gasteiger partial charge in [-0.1, -0.05) is 17.7 Å². The van der Waals surface area contributed by atoms with Crippen LogP contribution < -0.4 is 5.32 Å². The number of carbonyl (C=O) groups is 1. The molecule has 1 aromatic rings. The molecule has 1 atom stereocenters. The maximum absolute atomic E-state index is 10.5. The van der Waals surface area contributed by atoms with Gasteiger partial charge in [0.05, 0.1) is 4.90 Å². The van der Waals surface area contributed by atoms with E-state index in [1.54, 1.807) is 12.1 Å². The average molecular weight is 287 g/mol. The number of aliphatic carboxylic acids is 1. The quantitative estimate of drug-likeness (QED) is 0.703. The Hall–Kier alpha value is -1.44. The maximum atomic E-state index is 10.5. The van der Waals surface area contributed by atoms with Crippen LogP contribution in [0.2, 0.25) is 0 Å². The summed E-state index contributed by atoms with van der Waals surface area (Å²) in [5, 5.41) is 11.2. The highest BCUT2D eigenvalue weighted by Gasteiger charge is 2.20. The average Bonchev–Trinajstić information content (AvgIpc) is 2.82. The van der Waals surface area contributed by atoms with Crippen LogP contribution in [0.3, 0.4) is 0 Å². The number of hydrogen-bond donors (Lipinski definition) is 3. The highest BCUT2D eigenvalue weighted by atomic mass is 32.2. The first-order chi connectivity index (χ1) is 8.80. The molecule has 0 bridgehead atoms. The molecule has 0 aliphatic carbocycles. The van der Waals surface area contributed by atoms with Gasteiger partial charge in [-0.15, -0.1) is 0 Å². The SMILES string of the molecule is Cc1ccc(S(=O)(=O)O)cc1.O=C(O)[C@@H]1CCCN1. The number of aryl methyl sites for hydroxylation is 1. The molecule has 0 spiro atoms. The molecule has 0 saturated carbocycles. The third-order valence-corrected chi connectivity index (χ3v) is 3.55. The highest BCUT2D eigenvalue weighted by molar-refractivity contribution is 7.85. The lowest BCUT2D eigenvalue weighted by molar-refractivity contribution is -0.139. The zero-order chi connectivity index (χ0) is 14.5. The molecule has 0 unspecified atom stereocenters. The molecule has 106 valence electrons. The number of hydrogen-bond acceptors (Lipinski definition) is 4. The van der Waals surface area contributed by atoms with E-state index in [-0.39, 0.29) is 10.9 Å². The van der Waals surface area contributed by atoms with E-state index in [4.69, 9.17) is 9.66 Å². The largest absolute Gasteiger partial charge is 0.480 e. The molecule has 2 rings (SSSR count). The lowest BCUT2D eigenvalue weighted by atomic mass is 10.2. The summed E-state index contributed by atoms with van der Waals surface area (Å²) in [6, 6.07) is 5.72. The maximum Gasteiger partial charge on any atom is 0.320 e. The number of benzene rings is 1. The second kappa shape index (κ2) is 6.65. The molecule has 3 N–H and O–H groups in total. The van der Waals surface area contributed by atoms with Crippen molar-refractivity contribution >= 4 is 16.1 Å². The van der Waals surface area contributed by atoms with Crippen molar-refractivity contribution in [3.8, 4) is 0 Å². The number of rotatable bonds is 2. The molecule has 1 aromatic carbocycles. The van der Waals surface area contributed by atoms with Crippen LogP contribution in [0.5, 0.6) is 0 Å². The van der Waals surface area contributed by atoms with Crippen LogP contribution in [-0.2, 0) is 14.9 Å². The predicted molar refractivity (Wildman–Crippen MR) is 69.7 cm³/mol. The van der Waals surface area contributed by atoms with Gasteiger partial charge in [0.1, 0.15) is 6.04 Å². The minimum absolute atomic E-state index is 0.0666. The summed E-state index contributed by atoms with van der Waals surface area (Å²) in [4.78, 5) is 10.1. The van der Waals surface area contributed by atoms with Gasteiger partial charge in [-0.25, -0.2) is 0 Å². The van der Waals surface area contributed by atoms with Crippen LogP contribution in [0.1, 0.15) is 18.4 Å². The van der Waals surface area contributed by atoms with E-state index in [9.17, 15) is 13.2 Å². The summed E-state index contributed by atoms with van der Waals surface area (Å²) in [7, 11) is -4.02. The summed E-state index contributed by atoms with van der Waals surface area (Å²) in [5.41, 5.74) is 0.956. The van der Waals surface area contributed by atoms with E-state index in [0.717, 1.165) is 24.9 Å². The molecule has 1 fully saturated rings. The zero-order valence-corrected chi connectivity index (χ0v) is 11.4. The first kappa shape index (κ1) is 15.6. The Bertz CT molecular complexity index is 518. The van der Waals surface area contributed by atoms with E-state index < -0.39 is 16.1 Å². The van der Waals surface area contributed by atoms with Crippen molar-refractivity contribution in [1.82, 2.24) is 5.32 Å². The molecule has 0 radical (unpaired) electrons. The van der Waals surface area contributed by atoms with E-state index in [1.807, 2.05) is 6.92 Å². The van der Waals surface area contributed by atoms with Gasteiger partial charge >= 0.3 is 5.97 Å². The fourth-order valence-electron chi connectivity index (χ4n) is 1.61. The zero-order valence-electron chi connectivity index (χ0n) is 10.5. The summed E-state index contributed by atoms with van der Waals surface area (Å²) in [6.07, 6.45) is 1.78. The molecule has 1 heterocycles. The Kier molecular flexibility index (Phi) is 5.46. The van der Waals surface area contributed by atoms with Crippen LogP contribution in [0.4, 0.5) is 0 Å². The number of carboxylic acid groups (broad SMARTS) is 1. The van der Waals surface area contributed by atoms with Crippen molar-refractivity contribution in [3.63, 3.8) is 0 Å². The van der Waals surface area contributed by atoms with Gasteiger partial charge in [0.2, 0.25) is 0 Å². The van der Waals surface area contributed by atoms with E-state index in [1.165, 1.54) is 12.1 Å². The molecule has 19 heavy (non-hydrogen) atoms. The number of carboxylic acids is 1. The summed E-state index contributed by atoms with van der Waals surface area (Å²) in [5.74, 6) is -0.720. The minimum Gasteiger partial charge on any atom is -0.480 e. The standard InChI is InChI=1S/C7H8O3S.C5H9NO2/c1-6-2-4-7(5-3-6)11(8,9)10;7-5(8)4-2-1-3-6-4/h2-5H,1H3,(H,8,9,10);4,6H,1-3H2,(H,7,8)/t;4-/m.0/s1. The Labute approximate surface area is 112 Å². The van der Waals surface area contributed by atoms with Gasteiger partial charge in [-0.05, 0) is 38.4 Å². The molecule has 0 amide bonds. The molecule has 1 saturated heterocycles. The lowest BCUT2D eigenvalue weighted by Gasteiger charge is -1.99. The lowest BCUT2D eigenvalue weighted by Crippen LogP contribution is -2.29. The second-order valence-corrected chi connectivity index (χ2v) is 5.70. The van der Waals surface area contributed by atoms with Gasteiger partial charge in [0.25, 0.3) is 10.1 Å². The molecule has 6 nitrogen and oxygen atoms in total. The first-order valence-electron chi connectivity index (χ1n) is 5.81. The monoisotopic (exact) mass is 287 g/mol. The Balaban J connectivity index is 0.000000200. The van der Waals surface area contributed by atoms with Crippen LogP contribution in [0.25, 0.3) is 0 Å². The third kappa shape index (κ3) is 5.37. The minimum atomic E-state index is -4.02. The molecule has 7 heteroatoms. The molecular weight excluding hydrogens is 270 g/mol. The first-order valence-corrected chi connectivity index (χ1v) is 7.25. The summed E-state index contributed by atoms with van der Waals surface area (Å²) >= 11 is 0. The Morgan fingerprint density at radius 2 is 1.89 bits per heavy atom. The number of nitrogens with one attached hydrogen (secondary N) is 1. The van der Waals surface area contributed by atoms with Crippen molar-refractivity contribution < 1.29 is 22.9 Å². The normalized spacial score (nSPS) is 18.5. The van der Waals surface area contributed by atoms with E-state index in [0.29, 0.717) is 0 Å². The van der Waals surface area contributed by atoms with Crippen LogP contribution in [0.15, 0.2) is 29.2 Å². The second-order valence-electron chi connectivity index (χ2n) is 4.28. The van der Waals surface area contributed by atoms with Gasteiger partial charge in [-0.3, -0.25) is 9.35 Å². The molecule has 1 aliphatic rings. The highest BCUT2D eigenvalue weighted by Crippen LogP contribution is 2.08. The van der Waals surface area contributed by atoms with Crippen molar-refractivity contribution in [2.24, 2.45) is 0 Å². The summed E-state index contributed by atoms with van der Waals surface area (Å²) in [6.45, 7) is 2.70. The fraction of sp³-hybridized carbons (Fsp3) is 0.417.